The first-order valence-electron chi connectivity index (χ1n) is 13.6. The Morgan fingerprint density at radius 1 is 0.925 bits per heavy atom. The molecule has 2 aromatic carbocycles. The minimum absolute atomic E-state index is 0.0724. The van der Waals surface area contributed by atoms with Crippen molar-refractivity contribution >= 4 is 15.4 Å². The molecule has 214 valence electrons. The number of pyridine rings is 1. The van der Waals surface area contributed by atoms with Crippen LogP contribution in [0.1, 0.15) is 42.9 Å². The summed E-state index contributed by atoms with van der Waals surface area (Å²) in [7, 11) is 1.70. The number of likely N-dealkylation sites (N-methyl/N-ethyl adjacent to an activating group) is 1. The van der Waals surface area contributed by atoms with E-state index in [1.807, 2.05) is 67.9 Å². The Labute approximate surface area is 238 Å². The lowest BCUT2D eigenvalue weighted by molar-refractivity contribution is 0.264. The maximum atomic E-state index is 13.8. The molecule has 0 unspecified atom stereocenters. The number of hydrogen-bond donors (Lipinski definition) is 0. The van der Waals surface area contributed by atoms with Gasteiger partial charge in [0.05, 0.1) is 31.2 Å². The molecule has 0 saturated carbocycles. The lowest BCUT2D eigenvalue weighted by atomic mass is 10.1. The van der Waals surface area contributed by atoms with Crippen molar-refractivity contribution in [1.29, 1.82) is 0 Å². The number of benzene rings is 2. The molecule has 2 heterocycles. The molecule has 0 aliphatic rings. The van der Waals surface area contributed by atoms with Gasteiger partial charge >= 0.3 is 0 Å². The van der Waals surface area contributed by atoms with Crippen LogP contribution in [-0.2, 0) is 16.3 Å². The van der Waals surface area contributed by atoms with Gasteiger partial charge in [-0.1, -0.05) is 19.9 Å². The number of fused-ring (bicyclic) bond motifs is 1. The molecule has 0 fully saturated rings. The zero-order chi connectivity index (χ0) is 28.9. The summed E-state index contributed by atoms with van der Waals surface area (Å²) in [6.07, 6.45) is 5.57. The zero-order valence-corrected chi connectivity index (χ0v) is 25.1. The SMILES string of the molecule is COc1cc(CCN(C)CCCOc2ccc(S(=O)(=O)c3c(C(C)C)cn4cccc(C)c34)cc2)cc(OC)c1. The summed E-state index contributed by atoms with van der Waals surface area (Å²) in [5, 5.41) is 0. The number of aromatic nitrogens is 1. The first-order chi connectivity index (χ1) is 19.1. The Morgan fingerprint density at radius 2 is 1.60 bits per heavy atom. The molecule has 0 amide bonds. The van der Waals surface area contributed by atoms with E-state index in [4.69, 9.17) is 14.2 Å². The Hall–Kier alpha value is -3.49. The van der Waals surface area contributed by atoms with Crippen molar-refractivity contribution in [2.24, 2.45) is 0 Å². The minimum atomic E-state index is -3.71. The van der Waals surface area contributed by atoms with Crippen LogP contribution in [-0.4, -0.2) is 58.7 Å². The van der Waals surface area contributed by atoms with Gasteiger partial charge in [0, 0.05) is 31.5 Å². The average Bonchev–Trinajstić information content (AvgIpc) is 3.37. The van der Waals surface area contributed by atoms with Crippen LogP contribution in [0.3, 0.4) is 0 Å². The van der Waals surface area contributed by atoms with Gasteiger partial charge in [-0.05, 0) is 91.9 Å². The molecular formula is C32H40N2O5S. The minimum Gasteiger partial charge on any atom is -0.497 e. The van der Waals surface area contributed by atoms with Crippen molar-refractivity contribution in [1.82, 2.24) is 9.30 Å². The van der Waals surface area contributed by atoms with E-state index in [1.54, 1.807) is 38.5 Å². The maximum absolute atomic E-state index is 13.8. The van der Waals surface area contributed by atoms with Crippen LogP contribution in [0.25, 0.3) is 5.52 Å². The van der Waals surface area contributed by atoms with Crippen molar-refractivity contribution in [3.05, 3.63) is 83.7 Å². The molecule has 8 heteroatoms. The highest BCUT2D eigenvalue weighted by Crippen LogP contribution is 2.35. The highest BCUT2D eigenvalue weighted by Gasteiger charge is 2.28. The van der Waals surface area contributed by atoms with Crippen LogP contribution < -0.4 is 14.2 Å². The molecule has 0 spiro atoms. The van der Waals surface area contributed by atoms with Crippen molar-refractivity contribution < 1.29 is 22.6 Å². The van der Waals surface area contributed by atoms with Crippen molar-refractivity contribution in [3.8, 4) is 17.2 Å². The van der Waals surface area contributed by atoms with Gasteiger partial charge in [0.15, 0.2) is 0 Å². The number of methoxy groups -OCH3 is 2. The van der Waals surface area contributed by atoms with E-state index in [9.17, 15) is 8.42 Å². The fourth-order valence-electron chi connectivity index (χ4n) is 4.88. The lowest BCUT2D eigenvalue weighted by Gasteiger charge is -2.17. The zero-order valence-electron chi connectivity index (χ0n) is 24.3. The van der Waals surface area contributed by atoms with Gasteiger partial charge in [-0.25, -0.2) is 8.42 Å². The molecule has 0 aliphatic heterocycles. The first-order valence-corrected chi connectivity index (χ1v) is 15.1. The number of nitrogens with zero attached hydrogens (tertiary/aromatic N) is 2. The fourth-order valence-corrected chi connectivity index (χ4v) is 6.73. The van der Waals surface area contributed by atoms with E-state index in [-0.39, 0.29) is 10.8 Å². The standard InChI is InChI=1S/C32H40N2O5S/c1-23(2)30-22-34-16-7-9-24(3)31(34)32(30)40(35,36)29-12-10-26(11-13-29)39-18-8-15-33(4)17-14-25-19-27(37-5)21-28(20-25)38-6/h7,9-13,16,19-23H,8,14-15,17-18H2,1-6H3. The van der Waals surface area contributed by atoms with Gasteiger partial charge in [-0.15, -0.1) is 0 Å². The smallest absolute Gasteiger partial charge is 0.209 e. The number of rotatable bonds is 13. The Kier molecular flexibility index (Phi) is 9.43. The highest BCUT2D eigenvalue weighted by molar-refractivity contribution is 7.91. The Morgan fingerprint density at radius 3 is 2.23 bits per heavy atom. The summed E-state index contributed by atoms with van der Waals surface area (Å²) in [4.78, 5) is 2.93. The molecule has 0 atom stereocenters. The van der Waals surface area contributed by atoms with Crippen LogP contribution in [0.4, 0.5) is 0 Å². The number of sulfone groups is 1. The molecule has 0 bridgehead atoms. The average molecular weight is 565 g/mol. The van der Waals surface area contributed by atoms with Crippen LogP contribution in [0.2, 0.25) is 0 Å². The maximum Gasteiger partial charge on any atom is 0.209 e. The van der Waals surface area contributed by atoms with Crippen molar-refractivity contribution in [2.45, 2.75) is 49.3 Å². The Bertz CT molecular complexity index is 1520. The molecule has 0 aliphatic carbocycles. The largest absolute Gasteiger partial charge is 0.497 e. The van der Waals surface area contributed by atoms with Crippen LogP contribution in [0, 0.1) is 6.92 Å². The third-order valence-corrected chi connectivity index (χ3v) is 9.01. The first kappa shape index (κ1) is 29.5. The fraction of sp³-hybridized carbons (Fsp3) is 0.375. The third-order valence-electron chi connectivity index (χ3n) is 7.15. The second-order valence-corrected chi connectivity index (χ2v) is 12.4. The van der Waals surface area contributed by atoms with Crippen molar-refractivity contribution in [3.63, 3.8) is 0 Å². The summed E-state index contributed by atoms with van der Waals surface area (Å²) in [5.74, 6) is 2.32. The van der Waals surface area contributed by atoms with Gasteiger partial charge in [-0.3, -0.25) is 0 Å². The van der Waals surface area contributed by atoms with E-state index in [0.717, 1.165) is 54.1 Å². The molecule has 0 radical (unpaired) electrons. The molecular weight excluding hydrogens is 524 g/mol. The second-order valence-electron chi connectivity index (χ2n) is 10.5. The summed E-state index contributed by atoms with van der Waals surface area (Å²) in [6, 6.07) is 16.6. The van der Waals surface area contributed by atoms with E-state index in [2.05, 4.69) is 11.9 Å². The van der Waals surface area contributed by atoms with Crippen molar-refractivity contribution in [2.75, 3.05) is 41.0 Å². The quantitative estimate of drug-likeness (QED) is 0.181. The summed E-state index contributed by atoms with van der Waals surface area (Å²) >= 11 is 0. The van der Waals surface area contributed by atoms with Gasteiger partial charge in [-0.2, -0.15) is 0 Å². The summed E-state index contributed by atoms with van der Waals surface area (Å²) in [6.45, 7) is 8.32. The number of ether oxygens (including phenoxy) is 3. The predicted octanol–water partition coefficient (Wildman–Crippen LogP) is 6.16. The lowest BCUT2D eigenvalue weighted by Crippen LogP contribution is -2.23. The molecule has 4 rings (SSSR count). The molecule has 4 aromatic rings. The number of hydrogen-bond acceptors (Lipinski definition) is 6. The molecule has 7 nitrogen and oxygen atoms in total. The molecule has 0 N–H and O–H groups in total. The molecule has 2 aromatic heterocycles. The topological polar surface area (TPSA) is 69.5 Å². The molecule has 0 saturated heterocycles. The Balaban J connectivity index is 1.34. The van der Waals surface area contributed by atoms with Gasteiger partial charge in [0.1, 0.15) is 22.1 Å². The summed E-state index contributed by atoms with van der Waals surface area (Å²) < 4.78 is 46.2. The van der Waals surface area contributed by atoms with Crippen LogP contribution >= 0.6 is 0 Å². The van der Waals surface area contributed by atoms with Crippen LogP contribution in [0.15, 0.2) is 76.8 Å². The van der Waals surface area contributed by atoms with E-state index < -0.39 is 9.84 Å². The highest BCUT2D eigenvalue weighted by atomic mass is 32.2. The van der Waals surface area contributed by atoms with Gasteiger partial charge in [0.2, 0.25) is 9.84 Å². The second kappa shape index (κ2) is 12.8. The van der Waals surface area contributed by atoms with Crippen LogP contribution in [0.5, 0.6) is 17.2 Å². The van der Waals surface area contributed by atoms with Gasteiger partial charge in [0.25, 0.3) is 0 Å². The monoisotopic (exact) mass is 564 g/mol. The van der Waals surface area contributed by atoms with E-state index >= 15 is 0 Å². The predicted molar refractivity (Wildman–Crippen MR) is 159 cm³/mol. The van der Waals surface area contributed by atoms with E-state index in [1.165, 1.54) is 5.56 Å². The normalized spacial score (nSPS) is 11.9. The third kappa shape index (κ3) is 6.62. The van der Waals surface area contributed by atoms with E-state index in [0.29, 0.717) is 17.3 Å². The number of aryl methyl sites for hydroxylation is 1. The molecule has 40 heavy (non-hydrogen) atoms. The summed E-state index contributed by atoms with van der Waals surface area (Å²) in [5.41, 5.74) is 3.66. The van der Waals surface area contributed by atoms with Gasteiger partial charge < -0.3 is 23.5 Å².